The van der Waals surface area contributed by atoms with Crippen molar-refractivity contribution in [3.63, 3.8) is 0 Å². The summed E-state index contributed by atoms with van der Waals surface area (Å²) in [5.74, 6) is 0.374. The molecule has 0 aromatic rings. The van der Waals surface area contributed by atoms with Crippen molar-refractivity contribution in [1.82, 2.24) is 0 Å². The minimum atomic E-state index is -0.160. The van der Waals surface area contributed by atoms with Crippen molar-refractivity contribution in [2.24, 2.45) is 5.92 Å². The summed E-state index contributed by atoms with van der Waals surface area (Å²) in [6, 6.07) is 0. The van der Waals surface area contributed by atoms with Gasteiger partial charge >= 0.3 is 0 Å². The highest BCUT2D eigenvalue weighted by molar-refractivity contribution is 14.1. The topological polar surface area (TPSA) is 20.2 Å². The van der Waals surface area contributed by atoms with Gasteiger partial charge in [0.15, 0.2) is 0 Å². The van der Waals surface area contributed by atoms with Gasteiger partial charge in [0, 0.05) is 7.85 Å². The molecule has 0 aromatic heterocycles. The predicted octanol–water partition coefficient (Wildman–Crippen LogP) is 2.63. The van der Waals surface area contributed by atoms with Crippen molar-refractivity contribution >= 4 is 45.2 Å². The Balaban J connectivity index is 3.81. The van der Waals surface area contributed by atoms with Gasteiger partial charge in [-0.1, -0.05) is 66.0 Å². The molecule has 10 heavy (non-hydrogen) atoms. The SMILES string of the molecule is CC(C)C(O)C(I)C(C)I. The van der Waals surface area contributed by atoms with E-state index in [4.69, 9.17) is 0 Å². The number of rotatable bonds is 3. The molecule has 0 bridgehead atoms. The van der Waals surface area contributed by atoms with E-state index >= 15 is 0 Å². The van der Waals surface area contributed by atoms with Gasteiger partial charge in [-0.2, -0.15) is 0 Å². The molecule has 0 saturated carbocycles. The van der Waals surface area contributed by atoms with Gasteiger partial charge in [0.2, 0.25) is 0 Å². The smallest absolute Gasteiger partial charge is 0.0690 e. The first kappa shape index (κ1) is 11.4. The average molecular weight is 368 g/mol. The summed E-state index contributed by atoms with van der Waals surface area (Å²) in [4.78, 5) is 0. The third-order valence-corrected chi connectivity index (χ3v) is 5.41. The molecule has 0 heterocycles. The number of aliphatic hydroxyl groups is 1. The van der Waals surface area contributed by atoms with E-state index in [0.717, 1.165) is 0 Å². The van der Waals surface area contributed by atoms with E-state index in [2.05, 4.69) is 66.0 Å². The zero-order valence-electron chi connectivity index (χ0n) is 6.51. The summed E-state index contributed by atoms with van der Waals surface area (Å²) in [6.45, 7) is 6.23. The Morgan fingerprint density at radius 3 is 1.60 bits per heavy atom. The van der Waals surface area contributed by atoms with Gasteiger partial charge in [0.1, 0.15) is 0 Å². The van der Waals surface area contributed by atoms with Crippen LogP contribution in [0.25, 0.3) is 0 Å². The van der Waals surface area contributed by atoms with Crippen LogP contribution in [0, 0.1) is 5.92 Å². The summed E-state index contributed by atoms with van der Waals surface area (Å²) >= 11 is 4.66. The molecule has 0 aliphatic heterocycles. The maximum Gasteiger partial charge on any atom is 0.0690 e. The Labute approximate surface area is 90.2 Å². The molecule has 3 unspecified atom stereocenters. The Morgan fingerprint density at radius 1 is 1.10 bits per heavy atom. The molecule has 0 fully saturated rings. The Kier molecular flexibility index (Phi) is 5.86. The van der Waals surface area contributed by atoms with Gasteiger partial charge in [-0.3, -0.25) is 0 Å². The zero-order chi connectivity index (χ0) is 8.31. The molecule has 0 aromatic carbocycles. The van der Waals surface area contributed by atoms with Gasteiger partial charge in [0.25, 0.3) is 0 Å². The van der Waals surface area contributed by atoms with Crippen molar-refractivity contribution < 1.29 is 5.11 Å². The number of hydrogen-bond donors (Lipinski definition) is 1. The normalized spacial score (nSPS) is 20.7. The molecule has 0 amide bonds. The molecule has 1 nitrogen and oxygen atoms in total. The van der Waals surface area contributed by atoms with Crippen LogP contribution in [0.1, 0.15) is 20.8 Å². The van der Waals surface area contributed by atoms with Gasteiger partial charge < -0.3 is 5.11 Å². The van der Waals surface area contributed by atoms with Crippen LogP contribution in [0.5, 0.6) is 0 Å². The highest BCUT2D eigenvalue weighted by Crippen LogP contribution is 2.22. The van der Waals surface area contributed by atoms with Crippen molar-refractivity contribution in [1.29, 1.82) is 0 Å². The van der Waals surface area contributed by atoms with Crippen LogP contribution in [-0.4, -0.2) is 19.1 Å². The third-order valence-electron chi connectivity index (χ3n) is 1.45. The van der Waals surface area contributed by atoms with Gasteiger partial charge in [-0.15, -0.1) is 0 Å². The second-order valence-electron chi connectivity index (χ2n) is 2.86. The van der Waals surface area contributed by atoms with Crippen LogP contribution in [-0.2, 0) is 0 Å². The lowest BCUT2D eigenvalue weighted by Gasteiger charge is -2.22. The van der Waals surface area contributed by atoms with E-state index in [1.165, 1.54) is 0 Å². The molecular weight excluding hydrogens is 354 g/mol. The van der Waals surface area contributed by atoms with Gasteiger partial charge in [-0.05, 0) is 5.92 Å². The summed E-state index contributed by atoms with van der Waals surface area (Å²) in [6.07, 6.45) is -0.160. The maximum absolute atomic E-state index is 9.55. The van der Waals surface area contributed by atoms with Crippen molar-refractivity contribution in [2.75, 3.05) is 0 Å². The Hall–Kier alpha value is 1.42. The highest BCUT2D eigenvalue weighted by Gasteiger charge is 2.22. The Bertz CT molecular complexity index is 81.6. The number of alkyl halides is 2. The summed E-state index contributed by atoms with van der Waals surface area (Å²) in [5.41, 5.74) is 0. The van der Waals surface area contributed by atoms with Gasteiger partial charge in [-0.25, -0.2) is 0 Å². The van der Waals surface area contributed by atoms with Crippen molar-refractivity contribution in [2.45, 2.75) is 34.7 Å². The molecule has 0 saturated heterocycles. The molecule has 1 N–H and O–H groups in total. The minimum Gasteiger partial charge on any atom is -0.392 e. The molecule has 0 rings (SSSR count). The van der Waals surface area contributed by atoms with E-state index in [0.29, 0.717) is 13.8 Å². The van der Waals surface area contributed by atoms with Crippen molar-refractivity contribution in [3.05, 3.63) is 0 Å². The largest absolute Gasteiger partial charge is 0.392 e. The first-order chi connectivity index (χ1) is 4.46. The van der Waals surface area contributed by atoms with E-state index in [9.17, 15) is 5.11 Å². The standard InChI is InChI=1S/C7H14I2O/c1-4(2)7(10)6(9)5(3)8/h4-7,10H,1-3H3. The highest BCUT2D eigenvalue weighted by atomic mass is 127. The fourth-order valence-electron chi connectivity index (χ4n) is 0.639. The van der Waals surface area contributed by atoms with E-state index in [-0.39, 0.29) is 6.10 Å². The van der Waals surface area contributed by atoms with Gasteiger partial charge in [0.05, 0.1) is 6.10 Å². The molecule has 62 valence electrons. The van der Waals surface area contributed by atoms with E-state index in [1.54, 1.807) is 0 Å². The summed E-state index contributed by atoms with van der Waals surface area (Å²) in [7, 11) is 0. The number of halogens is 2. The van der Waals surface area contributed by atoms with Crippen molar-refractivity contribution in [3.8, 4) is 0 Å². The first-order valence-electron chi connectivity index (χ1n) is 3.43. The molecule has 3 atom stereocenters. The van der Waals surface area contributed by atoms with Crippen LogP contribution >= 0.6 is 45.2 Å². The summed E-state index contributed by atoms with van der Waals surface area (Å²) < 4.78 is 0.911. The monoisotopic (exact) mass is 368 g/mol. The average Bonchev–Trinajstić information content (AvgIpc) is 1.84. The lowest BCUT2D eigenvalue weighted by Crippen LogP contribution is -2.31. The maximum atomic E-state index is 9.55. The predicted molar refractivity (Wildman–Crippen MR) is 62.1 cm³/mol. The van der Waals surface area contributed by atoms with E-state index in [1.807, 2.05) is 0 Å². The first-order valence-corrected chi connectivity index (χ1v) is 5.92. The molecule has 3 heteroatoms. The zero-order valence-corrected chi connectivity index (χ0v) is 10.8. The number of hydrogen-bond acceptors (Lipinski definition) is 1. The van der Waals surface area contributed by atoms with Crippen LogP contribution in [0.2, 0.25) is 0 Å². The molecule has 0 aliphatic carbocycles. The molecule has 0 radical (unpaired) electrons. The quantitative estimate of drug-likeness (QED) is 0.600. The second kappa shape index (κ2) is 5.13. The van der Waals surface area contributed by atoms with Crippen LogP contribution in [0.3, 0.4) is 0 Å². The second-order valence-corrected chi connectivity index (χ2v) is 6.26. The van der Waals surface area contributed by atoms with Crippen LogP contribution in [0.4, 0.5) is 0 Å². The molecular formula is C7H14I2O. The fourth-order valence-corrected chi connectivity index (χ4v) is 1.90. The lowest BCUT2D eigenvalue weighted by atomic mass is 10.0. The van der Waals surface area contributed by atoms with Crippen LogP contribution in [0.15, 0.2) is 0 Å². The third kappa shape index (κ3) is 3.71. The fraction of sp³-hybridized carbons (Fsp3) is 1.00. The van der Waals surface area contributed by atoms with E-state index < -0.39 is 0 Å². The lowest BCUT2D eigenvalue weighted by molar-refractivity contribution is 0.128. The minimum absolute atomic E-state index is 0.160. The Morgan fingerprint density at radius 2 is 1.50 bits per heavy atom. The number of aliphatic hydroxyl groups excluding tert-OH is 1. The molecule has 0 spiro atoms. The molecule has 0 aliphatic rings. The summed E-state index contributed by atoms with van der Waals surface area (Å²) in [5, 5.41) is 9.55. The van der Waals surface area contributed by atoms with Crippen LogP contribution < -0.4 is 0 Å².